The molecule has 1 unspecified atom stereocenters. The quantitative estimate of drug-likeness (QED) is 0.839. The molecule has 1 atom stereocenters. The predicted octanol–water partition coefficient (Wildman–Crippen LogP) is 2.68. The maximum atomic E-state index is 3.52. The molecule has 0 spiro atoms. The van der Waals surface area contributed by atoms with Gasteiger partial charge in [0.25, 0.3) is 0 Å². The molecule has 0 aromatic heterocycles. The van der Waals surface area contributed by atoms with Crippen LogP contribution in [0.2, 0.25) is 0 Å². The summed E-state index contributed by atoms with van der Waals surface area (Å²) in [6.45, 7) is 10.2. The van der Waals surface area contributed by atoms with E-state index in [-0.39, 0.29) is 0 Å². The van der Waals surface area contributed by atoms with Crippen LogP contribution in [0.15, 0.2) is 24.3 Å². The number of rotatable bonds is 5. The maximum Gasteiger partial charge on any atom is 0.0399 e. The normalized spacial score (nSPS) is 16.4. The molecule has 1 aliphatic rings. The minimum atomic E-state index is 0.586. The lowest BCUT2D eigenvalue weighted by Crippen LogP contribution is -2.34. The molecule has 0 radical (unpaired) electrons. The molecule has 1 aliphatic heterocycles. The van der Waals surface area contributed by atoms with Crippen LogP contribution in [0.3, 0.4) is 0 Å². The molecule has 0 saturated heterocycles. The number of para-hydroxylation sites is 1. The Morgan fingerprint density at radius 3 is 2.76 bits per heavy atom. The predicted molar refractivity (Wildman–Crippen MR) is 74.7 cm³/mol. The molecule has 0 amide bonds. The van der Waals surface area contributed by atoms with Crippen molar-refractivity contribution in [1.82, 2.24) is 5.32 Å². The van der Waals surface area contributed by atoms with E-state index in [9.17, 15) is 0 Å². The van der Waals surface area contributed by atoms with E-state index in [0.717, 1.165) is 13.1 Å². The first kappa shape index (κ1) is 12.4. The van der Waals surface area contributed by atoms with Gasteiger partial charge in [0.1, 0.15) is 0 Å². The molecule has 1 N–H and O–H groups in total. The van der Waals surface area contributed by atoms with E-state index in [0.29, 0.717) is 12.0 Å². The average Bonchev–Trinajstić information content (AvgIpc) is 2.70. The summed E-state index contributed by atoms with van der Waals surface area (Å²) in [4.78, 5) is 2.53. The molecule has 0 fully saturated rings. The third-order valence-corrected chi connectivity index (χ3v) is 3.39. The Bertz CT molecular complexity index is 360. The topological polar surface area (TPSA) is 15.3 Å². The number of hydrogen-bond acceptors (Lipinski definition) is 2. The van der Waals surface area contributed by atoms with Crippen molar-refractivity contribution in [2.45, 2.75) is 33.2 Å². The zero-order valence-electron chi connectivity index (χ0n) is 11.2. The van der Waals surface area contributed by atoms with Crippen LogP contribution >= 0.6 is 0 Å². The van der Waals surface area contributed by atoms with Crippen molar-refractivity contribution in [2.24, 2.45) is 5.92 Å². The zero-order valence-corrected chi connectivity index (χ0v) is 11.2. The van der Waals surface area contributed by atoms with Gasteiger partial charge < -0.3 is 10.2 Å². The molecule has 1 heterocycles. The van der Waals surface area contributed by atoms with E-state index in [2.05, 4.69) is 55.3 Å². The summed E-state index contributed by atoms with van der Waals surface area (Å²) in [5.41, 5.74) is 2.96. The molecule has 1 aromatic rings. The van der Waals surface area contributed by atoms with Gasteiger partial charge in [0.05, 0.1) is 0 Å². The van der Waals surface area contributed by atoms with E-state index in [1.165, 1.54) is 24.2 Å². The molecule has 2 heteroatoms. The van der Waals surface area contributed by atoms with Gasteiger partial charge in [0, 0.05) is 24.8 Å². The van der Waals surface area contributed by atoms with Gasteiger partial charge in [-0.2, -0.15) is 0 Å². The van der Waals surface area contributed by atoms with Crippen LogP contribution in [0, 0.1) is 5.92 Å². The third kappa shape index (κ3) is 3.22. The van der Waals surface area contributed by atoms with Crippen molar-refractivity contribution in [1.29, 1.82) is 0 Å². The van der Waals surface area contributed by atoms with Gasteiger partial charge in [-0.1, -0.05) is 39.0 Å². The molecule has 0 saturated carbocycles. The van der Waals surface area contributed by atoms with Crippen LogP contribution in [0.4, 0.5) is 5.69 Å². The number of hydrogen-bond donors (Lipinski definition) is 1. The van der Waals surface area contributed by atoms with E-state index >= 15 is 0 Å². The van der Waals surface area contributed by atoms with E-state index in [1.807, 2.05) is 0 Å². The van der Waals surface area contributed by atoms with E-state index < -0.39 is 0 Å². The van der Waals surface area contributed by atoms with Gasteiger partial charge in [-0.05, 0) is 30.5 Å². The summed E-state index contributed by atoms with van der Waals surface area (Å²) in [5, 5.41) is 3.52. The lowest BCUT2D eigenvalue weighted by Gasteiger charge is -2.24. The minimum Gasteiger partial charge on any atom is -0.371 e. The van der Waals surface area contributed by atoms with Crippen LogP contribution in [-0.2, 0) is 6.42 Å². The smallest absolute Gasteiger partial charge is 0.0399 e. The third-order valence-electron chi connectivity index (χ3n) is 3.39. The Morgan fingerprint density at radius 2 is 2.00 bits per heavy atom. The van der Waals surface area contributed by atoms with Crippen molar-refractivity contribution in [3.8, 4) is 0 Å². The second kappa shape index (κ2) is 5.54. The summed E-state index contributed by atoms with van der Waals surface area (Å²) >= 11 is 0. The van der Waals surface area contributed by atoms with Gasteiger partial charge in [0.15, 0.2) is 0 Å². The van der Waals surface area contributed by atoms with Gasteiger partial charge in [-0.25, -0.2) is 0 Å². The lowest BCUT2D eigenvalue weighted by atomic mass is 10.1. The first-order valence-corrected chi connectivity index (χ1v) is 6.73. The summed E-state index contributed by atoms with van der Waals surface area (Å²) in [6.07, 6.45) is 1.21. The molecule has 0 aliphatic carbocycles. The van der Waals surface area contributed by atoms with E-state index in [4.69, 9.17) is 0 Å². The molecule has 94 valence electrons. The highest BCUT2D eigenvalue weighted by Gasteiger charge is 2.19. The molecule has 2 nitrogen and oxygen atoms in total. The van der Waals surface area contributed by atoms with Gasteiger partial charge >= 0.3 is 0 Å². The SMILES string of the molecule is CC(CNC(C)C)CN1CCc2ccccc21. The number of fused-ring (bicyclic) bond motifs is 1. The Labute approximate surface area is 105 Å². The molecular weight excluding hydrogens is 208 g/mol. The Hall–Kier alpha value is -1.02. The second-order valence-electron chi connectivity index (χ2n) is 5.49. The first-order valence-electron chi connectivity index (χ1n) is 6.73. The van der Waals surface area contributed by atoms with Crippen LogP contribution < -0.4 is 10.2 Å². The van der Waals surface area contributed by atoms with Crippen LogP contribution in [0.5, 0.6) is 0 Å². The average molecular weight is 232 g/mol. The Kier molecular flexibility index (Phi) is 4.06. The number of nitrogens with zero attached hydrogens (tertiary/aromatic N) is 1. The summed E-state index contributed by atoms with van der Waals surface area (Å²) in [7, 11) is 0. The van der Waals surface area contributed by atoms with Crippen molar-refractivity contribution < 1.29 is 0 Å². The summed E-state index contributed by atoms with van der Waals surface area (Å²) in [6, 6.07) is 9.39. The van der Waals surface area contributed by atoms with Gasteiger partial charge in [-0.15, -0.1) is 0 Å². The fraction of sp³-hybridized carbons (Fsp3) is 0.600. The van der Waals surface area contributed by atoms with Crippen molar-refractivity contribution >= 4 is 5.69 Å². The first-order chi connectivity index (χ1) is 8.16. The fourth-order valence-corrected chi connectivity index (χ4v) is 2.47. The molecule has 1 aromatic carbocycles. The van der Waals surface area contributed by atoms with Gasteiger partial charge in [-0.3, -0.25) is 0 Å². The second-order valence-corrected chi connectivity index (χ2v) is 5.49. The van der Waals surface area contributed by atoms with Crippen LogP contribution in [-0.4, -0.2) is 25.7 Å². The summed E-state index contributed by atoms with van der Waals surface area (Å²) < 4.78 is 0. The van der Waals surface area contributed by atoms with E-state index in [1.54, 1.807) is 0 Å². The van der Waals surface area contributed by atoms with Crippen molar-refractivity contribution in [2.75, 3.05) is 24.5 Å². The summed E-state index contributed by atoms with van der Waals surface area (Å²) in [5.74, 6) is 0.698. The molecule has 0 bridgehead atoms. The fourth-order valence-electron chi connectivity index (χ4n) is 2.47. The highest BCUT2D eigenvalue weighted by molar-refractivity contribution is 5.57. The molecular formula is C15H24N2. The number of nitrogens with one attached hydrogen (secondary N) is 1. The Morgan fingerprint density at radius 1 is 1.24 bits per heavy atom. The van der Waals surface area contributed by atoms with Crippen LogP contribution in [0.1, 0.15) is 26.3 Å². The number of anilines is 1. The van der Waals surface area contributed by atoms with Crippen LogP contribution in [0.25, 0.3) is 0 Å². The highest BCUT2D eigenvalue weighted by Crippen LogP contribution is 2.27. The maximum absolute atomic E-state index is 3.52. The minimum absolute atomic E-state index is 0.586. The van der Waals surface area contributed by atoms with Crippen molar-refractivity contribution in [3.63, 3.8) is 0 Å². The highest BCUT2D eigenvalue weighted by atomic mass is 15.1. The monoisotopic (exact) mass is 232 g/mol. The largest absolute Gasteiger partial charge is 0.371 e. The lowest BCUT2D eigenvalue weighted by molar-refractivity contribution is 0.475. The molecule has 17 heavy (non-hydrogen) atoms. The standard InChI is InChI=1S/C15H24N2/c1-12(2)16-10-13(3)11-17-9-8-14-6-4-5-7-15(14)17/h4-7,12-13,16H,8-11H2,1-3H3. The molecule has 2 rings (SSSR count). The zero-order chi connectivity index (χ0) is 12.3. The van der Waals surface area contributed by atoms with Crippen molar-refractivity contribution in [3.05, 3.63) is 29.8 Å². The Balaban J connectivity index is 1.88. The number of benzene rings is 1. The van der Waals surface area contributed by atoms with Gasteiger partial charge in [0.2, 0.25) is 0 Å².